The number of aryl methyl sites for hydroxylation is 2. The SMILES string of the molecule is CNC(=O)Nc1cc(C)c(C)cc1N. The fraction of sp³-hybridized carbons (Fsp3) is 0.300. The van der Waals surface area contributed by atoms with Gasteiger partial charge in [0.15, 0.2) is 0 Å². The average Bonchev–Trinajstić information content (AvgIpc) is 2.14. The van der Waals surface area contributed by atoms with Gasteiger partial charge in [0.1, 0.15) is 0 Å². The molecule has 0 atom stereocenters. The van der Waals surface area contributed by atoms with Crippen LogP contribution in [-0.4, -0.2) is 13.1 Å². The highest BCUT2D eigenvalue weighted by Gasteiger charge is 2.04. The molecule has 0 radical (unpaired) electrons. The summed E-state index contributed by atoms with van der Waals surface area (Å²) in [6.45, 7) is 3.96. The zero-order valence-electron chi connectivity index (χ0n) is 8.64. The van der Waals surface area contributed by atoms with Crippen molar-refractivity contribution in [2.45, 2.75) is 13.8 Å². The molecule has 0 heterocycles. The van der Waals surface area contributed by atoms with Crippen LogP contribution in [0.25, 0.3) is 0 Å². The van der Waals surface area contributed by atoms with Crippen molar-refractivity contribution in [3.05, 3.63) is 23.3 Å². The van der Waals surface area contributed by atoms with Crippen LogP contribution in [0.5, 0.6) is 0 Å². The van der Waals surface area contributed by atoms with E-state index in [9.17, 15) is 4.79 Å². The number of rotatable bonds is 1. The second kappa shape index (κ2) is 4.00. The Morgan fingerprint density at radius 1 is 1.29 bits per heavy atom. The molecular weight excluding hydrogens is 178 g/mol. The van der Waals surface area contributed by atoms with Gasteiger partial charge in [0, 0.05) is 7.05 Å². The number of carbonyl (C=O) groups is 1. The van der Waals surface area contributed by atoms with Crippen LogP contribution in [0.15, 0.2) is 12.1 Å². The van der Waals surface area contributed by atoms with Crippen LogP contribution in [0.1, 0.15) is 11.1 Å². The lowest BCUT2D eigenvalue weighted by Crippen LogP contribution is -2.25. The molecule has 0 bridgehead atoms. The Labute approximate surface area is 83.5 Å². The summed E-state index contributed by atoms with van der Waals surface area (Å²) in [5.41, 5.74) is 9.19. The van der Waals surface area contributed by atoms with Crippen LogP contribution in [0.4, 0.5) is 16.2 Å². The van der Waals surface area contributed by atoms with Gasteiger partial charge in [0.2, 0.25) is 0 Å². The van der Waals surface area contributed by atoms with E-state index in [2.05, 4.69) is 10.6 Å². The molecule has 0 aliphatic rings. The molecule has 0 unspecified atom stereocenters. The Hall–Kier alpha value is -1.71. The number of nitrogens with one attached hydrogen (secondary N) is 2. The molecule has 2 amide bonds. The van der Waals surface area contributed by atoms with Gasteiger partial charge in [-0.25, -0.2) is 4.79 Å². The Morgan fingerprint density at radius 2 is 1.86 bits per heavy atom. The minimum absolute atomic E-state index is 0.264. The van der Waals surface area contributed by atoms with E-state index in [1.165, 1.54) is 0 Å². The number of hydrogen-bond acceptors (Lipinski definition) is 2. The highest BCUT2D eigenvalue weighted by molar-refractivity contribution is 5.92. The van der Waals surface area contributed by atoms with Gasteiger partial charge in [-0.3, -0.25) is 0 Å². The molecule has 76 valence electrons. The lowest BCUT2D eigenvalue weighted by atomic mass is 10.1. The van der Waals surface area contributed by atoms with E-state index in [0.717, 1.165) is 11.1 Å². The topological polar surface area (TPSA) is 67.2 Å². The standard InChI is InChI=1S/C10H15N3O/c1-6-4-8(11)9(5-7(6)2)13-10(14)12-3/h4-5H,11H2,1-3H3,(H2,12,13,14). The number of nitrogen functional groups attached to an aromatic ring is 1. The summed E-state index contributed by atoms with van der Waals surface area (Å²) in [5.74, 6) is 0. The molecule has 1 aromatic rings. The lowest BCUT2D eigenvalue weighted by molar-refractivity contribution is 0.254. The molecule has 0 fully saturated rings. The van der Waals surface area contributed by atoms with Gasteiger partial charge in [-0.1, -0.05) is 0 Å². The Bertz CT molecular complexity index is 361. The molecular formula is C10H15N3O. The highest BCUT2D eigenvalue weighted by atomic mass is 16.2. The van der Waals surface area contributed by atoms with Crippen LogP contribution < -0.4 is 16.4 Å². The molecule has 4 heteroatoms. The maximum Gasteiger partial charge on any atom is 0.319 e. The molecule has 0 saturated heterocycles. The fourth-order valence-corrected chi connectivity index (χ4v) is 1.13. The largest absolute Gasteiger partial charge is 0.397 e. The summed E-state index contributed by atoms with van der Waals surface area (Å²) in [7, 11) is 1.56. The fourth-order valence-electron chi connectivity index (χ4n) is 1.13. The number of amides is 2. The Kier molecular flexibility index (Phi) is 2.96. The molecule has 4 N–H and O–H groups in total. The molecule has 0 aliphatic heterocycles. The Balaban J connectivity index is 2.98. The van der Waals surface area contributed by atoms with Gasteiger partial charge in [0.05, 0.1) is 11.4 Å². The van der Waals surface area contributed by atoms with E-state index < -0.39 is 0 Å². The number of hydrogen-bond donors (Lipinski definition) is 3. The van der Waals surface area contributed by atoms with Crippen LogP contribution in [0, 0.1) is 13.8 Å². The van der Waals surface area contributed by atoms with Crippen molar-refractivity contribution < 1.29 is 4.79 Å². The number of carbonyl (C=O) groups excluding carboxylic acids is 1. The van der Waals surface area contributed by atoms with Crippen molar-refractivity contribution in [1.29, 1.82) is 0 Å². The quantitative estimate of drug-likeness (QED) is 0.593. The number of urea groups is 1. The van der Waals surface area contributed by atoms with Gasteiger partial charge in [0.25, 0.3) is 0 Å². The van der Waals surface area contributed by atoms with E-state index in [0.29, 0.717) is 11.4 Å². The Morgan fingerprint density at radius 3 is 2.43 bits per heavy atom. The summed E-state index contributed by atoms with van der Waals surface area (Å²) >= 11 is 0. The minimum atomic E-state index is -0.264. The third-order valence-electron chi connectivity index (χ3n) is 2.14. The molecule has 1 rings (SSSR count). The van der Waals surface area contributed by atoms with Gasteiger partial charge in [-0.15, -0.1) is 0 Å². The summed E-state index contributed by atoms with van der Waals surface area (Å²) in [6, 6.07) is 3.44. The maximum atomic E-state index is 11.1. The summed E-state index contributed by atoms with van der Waals surface area (Å²) < 4.78 is 0. The molecule has 14 heavy (non-hydrogen) atoms. The molecule has 0 aliphatic carbocycles. The zero-order chi connectivity index (χ0) is 10.7. The average molecular weight is 193 g/mol. The first-order valence-electron chi connectivity index (χ1n) is 4.40. The summed E-state index contributed by atoms with van der Waals surface area (Å²) in [5, 5.41) is 5.12. The van der Waals surface area contributed by atoms with Crippen LogP contribution in [0.2, 0.25) is 0 Å². The van der Waals surface area contributed by atoms with Crippen molar-refractivity contribution in [3.63, 3.8) is 0 Å². The second-order valence-electron chi connectivity index (χ2n) is 3.23. The first kappa shape index (κ1) is 10.4. The zero-order valence-corrected chi connectivity index (χ0v) is 8.64. The van der Waals surface area contributed by atoms with E-state index in [1.807, 2.05) is 26.0 Å². The second-order valence-corrected chi connectivity index (χ2v) is 3.23. The maximum absolute atomic E-state index is 11.1. The number of benzene rings is 1. The molecule has 4 nitrogen and oxygen atoms in total. The smallest absolute Gasteiger partial charge is 0.319 e. The van der Waals surface area contributed by atoms with Crippen molar-refractivity contribution in [2.75, 3.05) is 18.1 Å². The van der Waals surface area contributed by atoms with E-state index in [-0.39, 0.29) is 6.03 Å². The van der Waals surface area contributed by atoms with Crippen molar-refractivity contribution in [1.82, 2.24) is 5.32 Å². The van der Waals surface area contributed by atoms with Crippen LogP contribution >= 0.6 is 0 Å². The summed E-state index contributed by atoms with van der Waals surface area (Å²) in [4.78, 5) is 11.1. The van der Waals surface area contributed by atoms with Gasteiger partial charge < -0.3 is 16.4 Å². The predicted molar refractivity (Wildman–Crippen MR) is 58.4 cm³/mol. The highest BCUT2D eigenvalue weighted by Crippen LogP contribution is 2.22. The van der Waals surface area contributed by atoms with E-state index in [1.54, 1.807) is 7.05 Å². The number of nitrogens with two attached hydrogens (primary N) is 1. The number of anilines is 2. The predicted octanol–water partition coefficient (Wildman–Crippen LogP) is 1.64. The third kappa shape index (κ3) is 2.16. The molecule has 0 spiro atoms. The van der Waals surface area contributed by atoms with Gasteiger partial charge >= 0.3 is 6.03 Å². The van der Waals surface area contributed by atoms with Crippen LogP contribution in [-0.2, 0) is 0 Å². The summed E-state index contributed by atoms with van der Waals surface area (Å²) in [6.07, 6.45) is 0. The first-order chi connectivity index (χ1) is 6.54. The molecule has 0 saturated carbocycles. The lowest BCUT2D eigenvalue weighted by Gasteiger charge is -2.10. The van der Waals surface area contributed by atoms with Crippen molar-refractivity contribution >= 4 is 17.4 Å². The monoisotopic (exact) mass is 193 g/mol. The van der Waals surface area contributed by atoms with E-state index >= 15 is 0 Å². The van der Waals surface area contributed by atoms with Crippen molar-refractivity contribution in [2.24, 2.45) is 0 Å². The van der Waals surface area contributed by atoms with Gasteiger partial charge in [-0.2, -0.15) is 0 Å². The first-order valence-corrected chi connectivity index (χ1v) is 4.40. The van der Waals surface area contributed by atoms with Crippen molar-refractivity contribution in [3.8, 4) is 0 Å². The third-order valence-corrected chi connectivity index (χ3v) is 2.14. The van der Waals surface area contributed by atoms with Crippen LogP contribution in [0.3, 0.4) is 0 Å². The minimum Gasteiger partial charge on any atom is -0.397 e. The van der Waals surface area contributed by atoms with Gasteiger partial charge in [-0.05, 0) is 37.1 Å². The normalized spacial score (nSPS) is 9.64. The van der Waals surface area contributed by atoms with E-state index in [4.69, 9.17) is 5.73 Å². The molecule has 1 aromatic carbocycles. The molecule has 0 aromatic heterocycles.